The van der Waals surface area contributed by atoms with Gasteiger partial charge in [0.25, 0.3) is 5.91 Å². The zero-order valence-corrected chi connectivity index (χ0v) is 21.3. The molecule has 0 radical (unpaired) electrons. The van der Waals surface area contributed by atoms with Crippen LogP contribution in [0.5, 0.6) is 0 Å². The predicted octanol–water partition coefficient (Wildman–Crippen LogP) is 4.17. The molecule has 1 aliphatic heterocycles. The Kier molecular flexibility index (Phi) is 8.52. The van der Waals surface area contributed by atoms with Crippen LogP contribution >= 0.6 is 0 Å². The molecule has 1 atom stereocenters. The monoisotopic (exact) mass is 484 g/mol. The zero-order chi connectivity index (χ0) is 25.5. The molecule has 1 aliphatic rings. The van der Waals surface area contributed by atoms with Gasteiger partial charge in [0, 0.05) is 56.9 Å². The summed E-state index contributed by atoms with van der Waals surface area (Å²) in [6.07, 6.45) is 0. The molecule has 6 heteroatoms. The predicted molar refractivity (Wildman–Crippen MR) is 144 cm³/mol. The number of nitrogens with zero attached hydrogens (tertiary/aromatic N) is 3. The lowest BCUT2D eigenvalue weighted by molar-refractivity contribution is 0.0772. The molecule has 0 saturated carbocycles. The number of carbonyl (C=O) groups is 2. The Hall–Kier alpha value is -3.48. The smallest absolute Gasteiger partial charge is 0.253 e. The van der Waals surface area contributed by atoms with Crippen molar-refractivity contribution in [2.75, 3.05) is 39.3 Å². The van der Waals surface area contributed by atoms with E-state index in [0.717, 1.165) is 43.9 Å². The van der Waals surface area contributed by atoms with Crippen LogP contribution in [0.25, 0.3) is 0 Å². The fourth-order valence-electron chi connectivity index (χ4n) is 5.00. The van der Waals surface area contributed by atoms with Gasteiger partial charge in [-0.2, -0.15) is 0 Å². The van der Waals surface area contributed by atoms with Crippen LogP contribution in [0.1, 0.15) is 57.3 Å². The normalized spacial score (nSPS) is 15.4. The van der Waals surface area contributed by atoms with E-state index in [1.54, 1.807) is 6.07 Å². The first-order valence-electron chi connectivity index (χ1n) is 12.8. The van der Waals surface area contributed by atoms with Gasteiger partial charge in [-0.05, 0) is 54.8 Å². The summed E-state index contributed by atoms with van der Waals surface area (Å²) in [6.45, 7) is 10.0. The Labute approximate surface area is 214 Å². The third kappa shape index (κ3) is 6.01. The number of rotatable bonds is 9. The molecule has 1 fully saturated rings. The summed E-state index contributed by atoms with van der Waals surface area (Å²) in [6, 6.07) is 26.1. The summed E-state index contributed by atoms with van der Waals surface area (Å²) in [7, 11) is 0. The van der Waals surface area contributed by atoms with Gasteiger partial charge in [-0.3, -0.25) is 19.4 Å². The zero-order valence-electron chi connectivity index (χ0n) is 21.3. The summed E-state index contributed by atoms with van der Waals surface area (Å²) in [5.74, 6) is -0.378. The van der Waals surface area contributed by atoms with Crippen molar-refractivity contribution in [3.05, 3.63) is 107 Å². The molecule has 0 spiro atoms. The third-order valence-corrected chi connectivity index (χ3v) is 7.03. The van der Waals surface area contributed by atoms with E-state index in [4.69, 9.17) is 5.73 Å². The van der Waals surface area contributed by atoms with Gasteiger partial charge < -0.3 is 10.6 Å². The van der Waals surface area contributed by atoms with Crippen LogP contribution in [0.3, 0.4) is 0 Å². The van der Waals surface area contributed by atoms with Crippen molar-refractivity contribution >= 4 is 11.8 Å². The second-order valence-corrected chi connectivity index (χ2v) is 9.29. The van der Waals surface area contributed by atoms with E-state index in [1.807, 2.05) is 49.1 Å². The summed E-state index contributed by atoms with van der Waals surface area (Å²) < 4.78 is 0. The van der Waals surface area contributed by atoms with Gasteiger partial charge >= 0.3 is 0 Å². The number of nitrogens with two attached hydrogens (primary N) is 1. The molecule has 0 aromatic heterocycles. The Bertz CT molecular complexity index is 1150. The summed E-state index contributed by atoms with van der Waals surface area (Å²) in [5, 5.41) is 0. The maximum absolute atomic E-state index is 12.8. The number of piperazine rings is 1. The highest BCUT2D eigenvalue weighted by molar-refractivity contribution is 5.94. The lowest BCUT2D eigenvalue weighted by Gasteiger charge is -2.40. The van der Waals surface area contributed by atoms with Crippen molar-refractivity contribution in [3.8, 4) is 0 Å². The van der Waals surface area contributed by atoms with E-state index < -0.39 is 5.91 Å². The first-order chi connectivity index (χ1) is 17.5. The molecule has 1 unspecified atom stereocenters. The highest BCUT2D eigenvalue weighted by Crippen LogP contribution is 2.31. The van der Waals surface area contributed by atoms with Crippen LogP contribution in [0.15, 0.2) is 78.9 Å². The lowest BCUT2D eigenvalue weighted by atomic mass is 9.94. The van der Waals surface area contributed by atoms with Crippen molar-refractivity contribution in [2.24, 2.45) is 5.73 Å². The van der Waals surface area contributed by atoms with Gasteiger partial charge in [0.2, 0.25) is 5.91 Å². The summed E-state index contributed by atoms with van der Waals surface area (Å²) >= 11 is 0. The maximum atomic E-state index is 12.8. The highest BCUT2D eigenvalue weighted by atomic mass is 16.2. The fourth-order valence-corrected chi connectivity index (χ4v) is 5.00. The maximum Gasteiger partial charge on any atom is 0.253 e. The van der Waals surface area contributed by atoms with Gasteiger partial charge in [-0.1, -0.05) is 54.6 Å². The van der Waals surface area contributed by atoms with Crippen LogP contribution < -0.4 is 5.73 Å². The molecule has 0 bridgehead atoms. The number of carbonyl (C=O) groups excluding carboxylic acids is 2. The van der Waals surface area contributed by atoms with Crippen molar-refractivity contribution in [1.82, 2.24) is 14.7 Å². The van der Waals surface area contributed by atoms with Gasteiger partial charge in [-0.15, -0.1) is 0 Å². The molecule has 6 nitrogen and oxygen atoms in total. The number of primary amides is 1. The number of amides is 2. The Morgan fingerprint density at radius 3 is 2.08 bits per heavy atom. The van der Waals surface area contributed by atoms with Gasteiger partial charge in [-0.25, -0.2) is 0 Å². The Morgan fingerprint density at radius 2 is 1.47 bits per heavy atom. The van der Waals surface area contributed by atoms with E-state index >= 15 is 0 Å². The van der Waals surface area contributed by atoms with Crippen LogP contribution in [0.2, 0.25) is 0 Å². The highest BCUT2D eigenvalue weighted by Gasteiger charge is 2.27. The van der Waals surface area contributed by atoms with E-state index in [1.165, 1.54) is 5.56 Å². The molecular formula is C30H36N4O2. The van der Waals surface area contributed by atoms with Crippen LogP contribution in [-0.4, -0.2) is 65.8 Å². The lowest BCUT2D eigenvalue weighted by Crippen LogP contribution is -2.47. The Balaban J connectivity index is 1.58. The topological polar surface area (TPSA) is 69.9 Å². The number of hydrogen-bond donors (Lipinski definition) is 1. The van der Waals surface area contributed by atoms with Crippen LogP contribution in [0.4, 0.5) is 0 Å². The van der Waals surface area contributed by atoms with E-state index in [-0.39, 0.29) is 11.9 Å². The van der Waals surface area contributed by atoms with Gasteiger partial charge in [0.15, 0.2) is 0 Å². The molecule has 1 heterocycles. The minimum atomic E-state index is -0.427. The molecule has 3 aromatic rings. The van der Waals surface area contributed by atoms with Crippen LogP contribution in [-0.2, 0) is 6.54 Å². The van der Waals surface area contributed by atoms with Crippen molar-refractivity contribution in [3.63, 3.8) is 0 Å². The van der Waals surface area contributed by atoms with E-state index in [9.17, 15) is 9.59 Å². The molecule has 3 aromatic carbocycles. The minimum absolute atomic E-state index is 0.0271. The Morgan fingerprint density at radius 1 is 0.806 bits per heavy atom. The quantitative estimate of drug-likeness (QED) is 0.495. The molecule has 2 N–H and O–H groups in total. The van der Waals surface area contributed by atoms with Gasteiger partial charge in [0.1, 0.15) is 0 Å². The third-order valence-electron chi connectivity index (χ3n) is 7.03. The number of hydrogen-bond acceptors (Lipinski definition) is 4. The fraction of sp³-hybridized carbons (Fsp3) is 0.333. The second kappa shape index (κ2) is 12.0. The molecule has 188 valence electrons. The average Bonchev–Trinajstić information content (AvgIpc) is 2.91. The first kappa shape index (κ1) is 25.6. The molecule has 4 rings (SSSR count). The van der Waals surface area contributed by atoms with E-state index in [2.05, 4.69) is 52.3 Å². The standard InChI is InChI=1S/C30H36N4O2/c1-3-33(4-2)30(36)25-15-13-24(14-16-25)28(26-11-8-12-27(21-26)29(31)35)34-19-17-32(18-20-34)22-23-9-6-5-7-10-23/h5-16,21,28H,3-4,17-20,22H2,1-2H3,(H2,31,35). The van der Waals surface area contributed by atoms with Crippen molar-refractivity contribution < 1.29 is 9.59 Å². The van der Waals surface area contributed by atoms with Crippen molar-refractivity contribution in [2.45, 2.75) is 26.4 Å². The average molecular weight is 485 g/mol. The van der Waals surface area contributed by atoms with E-state index in [0.29, 0.717) is 24.2 Å². The molecule has 2 amide bonds. The first-order valence-corrected chi connectivity index (χ1v) is 12.8. The number of benzene rings is 3. The largest absolute Gasteiger partial charge is 0.366 e. The van der Waals surface area contributed by atoms with Crippen LogP contribution in [0, 0.1) is 0 Å². The second-order valence-electron chi connectivity index (χ2n) is 9.29. The molecular weight excluding hydrogens is 448 g/mol. The molecule has 0 aliphatic carbocycles. The molecule has 36 heavy (non-hydrogen) atoms. The summed E-state index contributed by atoms with van der Waals surface area (Å²) in [5.41, 5.74) is 10.3. The summed E-state index contributed by atoms with van der Waals surface area (Å²) in [4.78, 5) is 31.5. The van der Waals surface area contributed by atoms with Gasteiger partial charge in [0.05, 0.1) is 6.04 Å². The minimum Gasteiger partial charge on any atom is -0.366 e. The van der Waals surface area contributed by atoms with Crippen molar-refractivity contribution in [1.29, 1.82) is 0 Å². The molecule has 1 saturated heterocycles. The SMILES string of the molecule is CCN(CC)C(=O)c1ccc(C(c2cccc(C(N)=O)c2)N2CCN(Cc3ccccc3)CC2)cc1.